The first-order chi connectivity index (χ1) is 23.6. The number of anilines is 2. The van der Waals surface area contributed by atoms with Gasteiger partial charge in [0.05, 0.1) is 17.3 Å². The number of hydrazone groups is 2. The van der Waals surface area contributed by atoms with E-state index in [9.17, 15) is 4.39 Å². The van der Waals surface area contributed by atoms with Gasteiger partial charge >= 0.3 is 0 Å². The van der Waals surface area contributed by atoms with Gasteiger partial charge in [-0.15, -0.1) is 0 Å². The Morgan fingerprint density at radius 1 is 0.625 bits per heavy atom. The van der Waals surface area contributed by atoms with Crippen LogP contribution in [-0.2, 0) is 4.79 Å². The molecule has 0 saturated carbocycles. The van der Waals surface area contributed by atoms with Gasteiger partial charge in [0.25, 0.3) is 5.91 Å². The number of hydrogen-bond donors (Lipinski definition) is 0. The van der Waals surface area contributed by atoms with E-state index in [1.54, 1.807) is 0 Å². The summed E-state index contributed by atoms with van der Waals surface area (Å²) < 4.78 is 14.7. The highest BCUT2D eigenvalue weighted by molar-refractivity contribution is 8.16. The van der Waals surface area contributed by atoms with E-state index in [2.05, 4.69) is 17.0 Å². The molecule has 2 fully saturated rings. The second kappa shape index (κ2) is 11.1. The molecule has 4 aliphatic rings. The summed E-state index contributed by atoms with van der Waals surface area (Å²) in [5.41, 5.74) is 4.37. The van der Waals surface area contributed by atoms with Crippen LogP contribution in [0.5, 0.6) is 0 Å². The van der Waals surface area contributed by atoms with Crippen LogP contribution in [0.15, 0.2) is 156 Å². The zero-order valence-corrected chi connectivity index (χ0v) is 26.7. The number of benzene rings is 5. The van der Waals surface area contributed by atoms with Gasteiger partial charge in [-0.2, -0.15) is 10.2 Å². The highest BCUT2D eigenvalue weighted by Crippen LogP contribution is 2.64. The molecule has 0 radical (unpaired) electrons. The van der Waals surface area contributed by atoms with E-state index in [0.717, 1.165) is 45.4 Å². The molecule has 7 nitrogen and oxygen atoms in total. The number of hydrogen-bond acceptors (Lipinski definition) is 7. The van der Waals surface area contributed by atoms with E-state index >= 15 is 4.79 Å². The van der Waals surface area contributed by atoms with Crippen LogP contribution in [0.2, 0.25) is 0 Å². The first kappa shape index (κ1) is 28.8. The number of nitrogens with zero attached hydrogens (tertiary/aromatic N) is 6. The summed E-state index contributed by atoms with van der Waals surface area (Å²) in [4.78, 5) is 18.8. The minimum absolute atomic E-state index is 0.0597. The van der Waals surface area contributed by atoms with Gasteiger partial charge in [0.15, 0.2) is 5.84 Å². The van der Waals surface area contributed by atoms with Gasteiger partial charge < -0.3 is 4.90 Å². The molecule has 5 aromatic carbocycles. The number of rotatable bonds is 5. The van der Waals surface area contributed by atoms with Gasteiger partial charge in [-0.3, -0.25) is 9.69 Å². The van der Waals surface area contributed by atoms with Crippen molar-refractivity contribution in [2.45, 2.75) is 23.0 Å². The van der Waals surface area contributed by atoms with Crippen molar-refractivity contribution in [1.29, 1.82) is 0 Å². The van der Waals surface area contributed by atoms with Crippen LogP contribution >= 0.6 is 11.8 Å². The lowest BCUT2D eigenvalue weighted by molar-refractivity contribution is -0.138. The van der Waals surface area contributed by atoms with Crippen LogP contribution in [0.25, 0.3) is 0 Å². The highest BCUT2D eigenvalue weighted by Gasteiger charge is 2.78. The van der Waals surface area contributed by atoms with Crippen molar-refractivity contribution < 1.29 is 9.18 Å². The summed E-state index contributed by atoms with van der Waals surface area (Å²) in [5.74, 6) is -1.30. The average molecular weight is 651 g/mol. The van der Waals surface area contributed by atoms with Crippen molar-refractivity contribution in [3.8, 4) is 0 Å². The number of halogens is 1. The van der Waals surface area contributed by atoms with Crippen LogP contribution in [-0.4, -0.2) is 50.3 Å². The molecular weight excluding hydrogens is 620 g/mol. The minimum Gasteiger partial charge on any atom is -0.312 e. The topological polar surface area (TPSA) is 54.8 Å². The Labute approximate surface area is 282 Å². The lowest BCUT2D eigenvalue weighted by atomic mass is 9.84. The quantitative estimate of drug-likeness (QED) is 0.200. The Morgan fingerprint density at radius 2 is 1.17 bits per heavy atom. The SMILES string of the molecule is O=C1N2CCCN3C(c4ccccc4)=NN(c4ccccc4)C23C(c2ccc(F)cc2)C12SC(c1ccccc1)=NN2c1ccccc1. The number of para-hydroxylation sites is 2. The number of carbonyl (C=O) groups is 1. The molecule has 0 aromatic heterocycles. The molecule has 2 saturated heterocycles. The maximum absolute atomic E-state index is 15.7. The monoisotopic (exact) mass is 650 g/mol. The molecule has 3 atom stereocenters. The Balaban J connectivity index is 1.35. The Morgan fingerprint density at radius 3 is 1.79 bits per heavy atom. The first-order valence-electron chi connectivity index (χ1n) is 16.2. The third kappa shape index (κ3) is 4.03. The van der Waals surface area contributed by atoms with Gasteiger partial charge in [0.2, 0.25) is 10.7 Å². The number of amides is 1. The van der Waals surface area contributed by atoms with Gasteiger partial charge in [-0.25, -0.2) is 14.4 Å². The third-order valence-corrected chi connectivity index (χ3v) is 11.1. The van der Waals surface area contributed by atoms with Crippen molar-refractivity contribution in [2.75, 3.05) is 23.1 Å². The Kier molecular flexibility index (Phi) is 6.65. The van der Waals surface area contributed by atoms with Gasteiger partial charge in [0, 0.05) is 24.2 Å². The third-order valence-electron chi connectivity index (χ3n) is 9.67. The summed E-state index contributed by atoms with van der Waals surface area (Å²) in [6.07, 6.45) is 0.761. The average Bonchev–Trinajstić information content (AvgIpc) is 3.78. The summed E-state index contributed by atoms with van der Waals surface area (Å²) in [5, 5.41) is 15.4. The normalized spacial score (nSPS) is 24.5. The number of carbonyl (C=O) groups excluding carboxylic acids is 1. The molecular formula is C39H31FN6OS. The molecule has 2 spiro atoms. The smallest absolute Gasteiger partial charge is 0.265 e. The van der Waals surface area contributed by atoms with Crippen LogP contribution in [0, 0.1) is 5.82 Å². The van der Waals surface area contributed by atoms with E-state index in [1.807, 2.05) is 136 Å². The molecule has 3 unspecified atom stereocenters. The highest BCUT2D eigenvalue weighted by atomic mass is 32.2. The van der Waals surface area contributed by atoms with Crippen molar-refractivity contribution in [3.63, 3.8) is 0 Å². The van der Waals surface area contributed by atoms with Crippen LogP contribution in [0.3, 0.4) is 0 Å². The molecule has 4 heterocycles. The van der Waals surface area contributed by atoms with Gasteiger partial charge in [-0.05, 0) is 48.4 Å². The standard InChI is InChI=1S/C39H31FN6OS/c40-31-24-22-28(23-25-31)34-38(45(32-18-9-3-10-19-32)42-36(48-38)30-16-7-2-8-17-30)37(47)44-27-13-26-43-35(29-14-5-1-6-15-29)41-46(39(34,43)44)33-20-11-4-12-21-33/h1-12,14-25,34H,13,26-27H2. The molecule has 4 aliphatic heterocycles. The minimum atomic E-state index is -1.28. The zero-order chi connectivity index (χ0) is 32.3. The summed E-state index contributed by atoms with van der Waals surface area (Å²) in [6, 6.07) is 46.8. The second-order valence-electron chi connectivity index (χ2n) is 12.3. The van der Waals surface area contributed by atoms with E-state index in [0.29, 0.717) is 13.1 Å². The molecule has 1 amide bonds. The molecule has 5 aromatic rings. The van der Waals surface area contributed by atoms with Gasteiger partial charge in [0.1, 0.15) is 10.9 Å². The fourth-order valence-electron chi connectivity index (χ4n) is 7.77. The van der Waals surface area contributed by atoms with Crippen LogP contribution in [0.1, 0.15) is 29.0 Å². The molecule has 0 N–H and O–H groups in total. The van der Waals surface area contributed by atoms with E-state index < -0.39 is 16.6 Å². The summed E-state index contributed by atoms with van der Waals surface area (Å²) >= 11 is 1.48. The predicted molar refractivity (Wildman–Crippen MR) is 189 cm³/mol. The van der Waals surface area contributed by atoms with Crippen LogP contribution < -0.4 is 10.0 Å². The van der Waals surface area contributed by atoms with E-state index in [-0.39, 0.29) is 11.7 Å². The van der Waals surface area contributed by atoms with Crippen LogP contribution in [0.4, 0.5) is 15.8 Å². The van der Waals surface area contributed by atoms with Crippen molar-refractivity contribution in [1.82, 2.24) is 9.80 Å². The van der Waals surface area contributed by atoms with Gasteiger partial charge in [-0.1, -0.05) is 121 Å². The Hall–Kier alpha value is -5.41. The lowest BCUT2D eigenvalue weighted by Gasteiger charge is -2.53. The summed E-state index contributed by atoms with van der Waals surface area (Å²) in [7, 11) is 0. The molecule has 236 valence electrons. The molecule has 0 aliphatic carbocycles. The largest absolute Gasteiger partial charge is 0.312 e. The molecule has 9 rings (SSSR count). The first-order valence-corrected chi connectivity index (χ1v) is 17.0. The predicted octanol–water partition coefficient (Wildman–Crippen LogP) is 7.30. The van der Waals surface area contributed by atoms with Crippen molar-refractivity contribution >= 4 is 39.9 Å². The van der Waals surface area contributed by atoms with Crippen molar-refractivity contribution in [2.24, 2.45) is 10.2 Å². The zero-order valence-electron chi connectivity index (χ0n) is 25.9. The summed E-state index contributed by atoms with van der Waals surface area (Å²) in [6.45, 7) is 1.20. The van der Waals surface area contributed by atoms with E-state index in [1.165, 1.54) is 23.9 Å². The maximum atomic E-state index is 15.7. The van der Waals surface area contributed by atoms with E-state index in [4.69, 9.17) is 10.2 Å². The number of thioether (sulfide) groups is 1. The maximum Gasteiger partial charge on any atom is 0.265 e. The second-order valence-corrected chi connectivity index (χ2v) is 13.5. The molecule has 9 heteroatoms. The Bertz CT molecular complexity index is 2050. The fraction of sp³-hybridized carbons (Fsp3) is 0.154. The molecule has 48 heavy (non-hydrogen) atoms. The number of amidine groups is 1. The fourth-order valence-corrected chi connectivity index (χ4v) is 9.28. The van der Waals surface area contributed by atoms with Crippen molar-refractivity contribution in [3.05, 3.63) is 168 Å². The molecule has 0 bridgehead atoms. The lowest BCUT2D eigenvalue weighted by Crippen LogP contribution is -2.70.